The highest BCUT2D eigenvalue weighted by Gasteiger charge is 2.48. The Hall–Kier alpha value is -2.33. The smallest absolute Gasteiger partial charge is 0.327 e. The van der Waals surface area contributed by atoms with Crippen LogP contribution in [-0.2, 0) is 24.2 Å². The van der Waals surface area contributed by atoms with Crippen LogP contribution in [0.2, 0.25) is 0 Å². The van der Waals surface area contributed by atoms with E-state index in [9.17, 15) is 13.2 Å². The summed E-state index contributed by atoms with van der Waals surface area (Å²) in [5, 5.41) is 4.11. The highest BCUT2D eigenvalue weighted by molar-refractivity contribution is 7.92. The number of hydrogen-bond donors (Lipinski definition) is 0. The summed E-state index contributed by atoms with van der Waals surface area (Å²) < 4.78 is 27.8. The van der Waals surface area contributed by atoms with Crippen LogP contribution in [0.15, 0.2) is 29.4 Å². The zero-order chi connectivity index (χ0) is 20.4. The largest absolute Gasteiger partial charge is 0.465 e. The first kappa shape index (κ1) is 20.4. The molecule has 2 aliphatic rings. The van der Waals surface area contributed by atoms with Crippen LogP contribution in [0.25, 0.3) is 0 Å². The summed E-state index contributed by atoms with van der Waals surface area (Å²) in [5.41, 5.74) is 2.58. The van der Waals surface area contributed by atoms with Gasteiger partial charge in [0.1, 0.15) is 6.10 Å². The van der Waals surface area contributed by atoms with Crippen molar-refractivity contribution in [1.82, 2.24) is 0 Å². The van der Waals surface area contributed by atoms with Gasteiger partial charge in [-0.2, -0.15) is 0 Å². The van der Waals surface area contributed by atoms with Crippen LogP contribution in [0.5, 0.6) is 0 Å². The predicted octanol–water partition coefficient (Wildman–Crippen LogP) is 2.70. The highest BCUT2D eigenvalue weighted by Crippen LogP contribution is 2.30. The first-order valence-corrected chi connectivity index (χ1v) is 11.3. The molecule has 0 spiro atoms. The molecule has 0 bridgehead atoms. The molecule has 0 saturated heterocycles. The van der Waals surface area contributed by atoms with Gasteiger partial charge in [0.2, 0.25) is 0 Å². The van der Waals surface area contributed by atoms with Gasteiger partial charge >= 0.3 is 5.97 Å². The normalized spacial score (nSPS) is 21.0. The van der Waals surface area contributed by atoms with Gasteiger partial charge in [0, 0.05) is 30.6 Å². The summed E-state index contributed by atoms with van der Waals surface area (Å²) >= 11 is 0. The predicted molar refractivity (Wildman–Crippen MR) is 107 cm³/mol. The van der Waals surface area contributed by atoms with Crippen molar-refractivity contribution in [3.63, 3.8) is 0 Å². The van der Waals surface area contributed by atoms with Crippen molar-refractivity contribution in [2.75, 3.05) is 12.9 Å². The monoisotopic (exact) mass is 403 g/mol. The van der Waals surface area contributed by atoms with E-state index in [0.717, 1.165) is 23.1 Å². The highest BCUT2D eigenvalue weighted by atomic mass is 32.2. The van der Waals surface area contributed by atoms with Gasteiger partial charge in [-0.25, -0.2) is 8.42 Å². The lowest BCUT2D eigenvalue weighted by Crippen LogP contribution is -2.47. The molecule has 0 unspecified atom stereocenters. The molecule has 0 N–H and O–H groups in total. The van der Waals surface area contributed by atoms with Crippen molar-refractivity contribution in [1.29, 1.82) is 0 Å². The molecule has 1 aliphatic heterocycles. The maximum atomic E-state index is 12.3. The summed E-state index contributed by atoms with van der Waals surface area (Å²) in [6.07, 6.45) is 3.34. The third-order valence-electron chi connectivity index (χ3n) is 5.09. The van der Waals surface area contributed by atoms with Crippen LogP contribution in [0.1, 0.15) is 50.7 Å². The van der Waals surface area contributed by atoms with Crippen molar-refractivity contribution in [2.45, 2.75) is 50.4 Å². The third-order valence-corrected chi connectivity index (χ3v) is 7.06. The van der Waals surface area contributed by atoms with Crippen molar-refractivity contribution in [2.24, 2.45) is 11.1 Å². The fourth-order valence-electron chi connectivity index (χ4n) is 2.97. The molecule has 6 nitrogen and oxygen atoms in total. The zero-order valence-electron chi connectivity index (χ0n) is 16.4. The van der Waals surface area contributed by atoms with Gasteiger partial charge in [0.25, 0.3) is 0 Å². The molecule has 1 aromatic rings. The molecule has 1 heterocycles. The molecule has 0 amide bonds. The third kappa shape index (κ3) is 4.56. The molecule has 0 aromatic heterocycles. The van der Waals surface area contributed by atoms with Crippen LogP contribution >= 0.6 is 0 Å². The second-order valence-electron chi connectivity index (χ2n) is 7.52. The van der Waals surface area contributed by atoms with E-state index in [-0.39, 0.29) is 13.0 Å². The van der Waals surface area contributed by atoms with Gasteiger partial charge < -0.3 is 9.57 Å². The van der Waals surface area contributed by atoms with Crippen LogP contribution in [0, 0.1) is 17.8 Å². The summed E-state index contributed by atoms with van der Waals surface area (Å²) in [6, 6.07) is 7.75. The van der Waals surface area contributed by atoms with E-state index in [1.165, 1.54) is 19.8 Å². The van der Waals surface area contributed by atoms with Gasteiger partial charge in [-0.1, -0.05) is 29.1 Å². The topological polar surface area (TPSA) is 82.0 Å². The Labute approximate surface area is 166 Å². The summed E-state index contributed by atoms with van der Waals surface area (Å²) in [5.74, 6) is 6.19. The maximum Gasteiger partial charge on any atom is 0.327 e. The molecule has 1 aliphatic carbocycles. The number of hydrogen-bond acceptors (Lipinski definition) is 6. The Morgan fingerprint density at radius 2 is 2.00 bits per heavy atom. The van der Waals surface area contributed by atoms with Crippen LogP contribution < -0.4 is 0 Å². The van der Waals surface area contributed by atoms with Crippen LogP contribution in [-0.4, -0.2) is 43.8 Å². The van der Waals surface area contributed by atoms with E-state index in [2.05, 4.69) is 17.0 Å². The van der Waals surface area contributed by atoms with E-state index < -0.39 is 26.7 Å². The molecular weight excluding hydrogens is 378 g/mol. The lowest BCUT2D eigenvalue weighted by molar-refractivity contribution is -0.146. The van der Waals surface area contributed by atoms with Gasteiger partial charge in [-0.3, -0.25) is 4.79 Å². The summed E-state index contributed by atoms with van der Waals surface area (Å²) in [6.45, 7) is 3.15. The molecule has 1 aromatic carbocycles. The minimum Gasteiger partial charge on any atom is -0.465 e. The quantitative estimate of drug-likeness (QED) is 0.539. The first-order valence-electron chi connectivity index (χ1n) is 9.44. The van der Waals surface area contributed by atoms with Gasteiger partial charge in [-0.05, 0) is 44.4 Å². The number of oxime groups is 1. The Bertz CT molecular complexity index is 935. The second kappa shape index (κ2) is 7.96. The fourth-order valence-corrected chi connectivity index (χ4v) is 3.82. The number of esters is 1. The average molecular weight is 404 g/mol. The van der Waals surface area contributed by atoms with Crippen LogP contribution in [0.3, 0.4) is 0 Å². The van der Waals surface area contributed by atoms with E-state index in [4.69, 9.17) is 9.57 Å². The molecule has 1 fully saturated rings. The van der Waals surface area contributed by atoms with Crippen molar-refractivity contribution in [3.8, 4) is 11.8 Å². The van der Waals surface area contributed by atoms with Gasteiger partial charge in [0.15, 0.2) is 14.6 Å². The molecule has 150 valence electrons. The average Bonchev–Trinajstić information content (AvgIpc) is 3.37. The summed E-state index contributed by atoms with van der Waals surface area (Å²) in [4.78, 5) is 17.7. The molecule has 1 saturated carbocycles. The standard InChI is InChI=1S/C21H25NO5S/c1-4-26-20(23)21(2,28(3,24)25)14-18-13-19(22-27-18)17-11-9-16(10-12-17)8-7-15-5-6-15/h9-12,15,18H,4-6,13-14H2,1-3H3/t18-,21-/m1/s1. The Morgan fingerprint density at radius 1 is 1.32 bits per heavy atom. The van der Waals surface area contributed by atoms with Crippen molar-refractivity contribution < 1.29 is 22.8 Å². The van der Waals surface area contributed by atoms with E-state index in [0.29, 0.717) is 12.3 Å². The van der Waals surface area contributed by atoms with Crippen molar-refractivity contribution >= 4 is 21.5 Å². The maximum absolute atomic E-state index is 12.3. The number of rotatable bonds is 6. The van der Waals surface area contributed by atoms with Gasteiger partial charge in [-0.15, -0.1) is 0 Å². The Balaban J connectivity index is 1.66. The lowest BCUT2D eigenvalue weighted by atomic mass is 9.97. The number of sulfone groups is 1. The Kier molecular flexibility index (Phi) is 5.80. The first-order chi connectivity index (χ1) is 13.2. The number of carbonyl (C=O) groups is 1. The molecule has 2 atom stereocenters. The molecule has 28 heavy (non-hydrogen) atoms. The number of benzene rings is 1. The number of ether oxygens (including phenoxy) is 1. The SMILES string of the molecule is CCOC(=O)[C@@](C)(C[C@H]1CC(c2ccc(C#CC3CC3)cc2)=NO1)S(C)(=O)=O. The molecular formula is C21H25NO5S. The lowest BCUT2D eigenvalue weighted by Gasteiger charge is -2.27. The Morgan fingerprint density at radius 3 is 2.57 bits per heavy atom. The summed E-state index contributed by atoms with van der Waals surface area (Å²) in [7, 11) is -3.69. The zero-order valence-corrected chi connectivity index (χ0v) is 17.2. The minimum absolute atomic E-state index is 0.0113. The molecule has 0 radical (unpaired) electrons. The minimum atomic E-state index is -3.69. The second-order valence-corrected chi connectivity index (χ2v) is 9.96. The van der Waals surface area contributed by atoms with E-state index in [1.807, 2.05) is 24.3 Å². The van der Waals surface area contributed by atoms with E-state index >= 15 is 0 Å². The number of carbonyl (C=O) groups excluding carboxylic acids is 1. The molecule has 7 heteroatoms. The fraction of sp³-hybridized carbons (Fsp3) is 0.524. The van der Waals surface area contributed by atoms with Crippen LogP contribution in [0.4, 0.5) is 0 Å². The van der Waals surface area contributed by atoms with Gasteiger partial charge in [0.05, 0.1) is 12.3 Å². The van der Waals surface area contributed by atoms with E-state index in [1.54, 1.807) is 6.92 Å². The number of nitrogens with zero attached hydrogens (tertiary/aromatic N) is 1. The molecule has 3 rings (SSSR count). The van der Waals surface area contributed by atoms with Crippen molar-refractivity contribution in [3.05, 3.63) is 35.4 Å².